The summed E-state index contributed by atoms with van der Waals surface area (Å²) >= 11 is 0. The van der Waals surface area contributed by atoms with Crippen molar-refractivity contribution in [2.24, 2.45) is 11.8 Å². The first kappa shape index (κ1) is 31.1. The zero-order valence-electron chi connectivity index (χ0n) is 23.7. The van der Waals surface area contributed by atoms with E-state index in [1.807, 2.05) is 27.7 Å². The number of aliphatic hydroxyl groups is 1. The van der Waals surface area contributed by atoms with E-state index in [1.165, 1.54) is 16.4 Å². The second-order valence-electron chi connectivity index (χ2n) is 11.0. The zero-order valence-corrected chi connectivity index (χ0v) is 24.5. The van der Waals surface area contributed by atoms with Crippen molar-refractivity contribution in [1.29, 1.82) is 0 Å². The molecule has 1 saturated heterocycles. The molecule has 0 bridgehead atoms. The number of aliphatic hydroxyl groups excluding tert-OH is 1. The van der Waals surface area contributed by atoms with Crippen molar-refractivity contribution < 1.29 is 32.6 Å². The number of nitrogens with zero attached hydrogens (tertiary/aromatic N) is 2. The lowest BCUT2D eigenvalue weighted by Crippen LogP contribution is -2.56. The Labute approximate surface area is 232 Å². The molecule has 2 heterocycles. The smallest absolute Gasteiger partial charge is 0.243 e. The first-order valence-electron chi connectivity index (χ1n) is 13.8. The lowest BCUT2D eigenvalue weighted by atomic mass is 9.97. The minimum atomic E-state index is -3.97. The second kappa shape index (κ2) is 13.8. The van der Waals surface area contributed by atoms with Crippen molar-refractivity contribution in [3.05, 3.63) is 18.2 Å². The number of carbonyl (C=O) groups is 2. The molecule has 1 aromatic rings. The van der Waals surface area contributed by atoms with Gasteiger partial charge in [-0.15, -0.1) is 0 Å². The molecule has 0 saturated carbocycles. The molecular formula is C27H44N4O7S. The van der Waals surface area contributed by atoms with Gasteiger partial charge >= 0.3 is 0 Å². The van der Waals surface area contributed by atoms with Crippen LogP contribution in [0.25, 0.3) is 0 Å². The van der Waals surface area contributed by atoms with Crippen LogP contribution in [0, 0.1) is 11.8 Å². The van der Waals surface area contributed by atoms with Crippen molar-refractivity contribution in [2.75, 3.05) is 39.5 Å². The van der Waals surface area contributed by atoms with Gasteiger partial charge in [0.05, 0.1) is 23.6 Å². The molecule has 220 valence electrons. The van der Waals surface area contributed by atoms with E-state index in [2.05, 4.69) is 15.5 Å². The van der Waals surface area contributed by atoms with Crippen LogP contribution in [-0.4, -0.2) is 92.2 Å². The van der Waals surface area contributed by atoms with Crippen LogP contribution in [0.5, 0.6) is 11.5 Å². The highest BCUT2D eigenvalue weighted by Crippen LogP contribution is 2.34. The summed E-state index contributed by atoms with van der Waals surface area (Å²) in [5.74, 6) is 0.0871. The van der Waals surface area contributed by atoms with Crippen LogP contribution in [0.3, 0.4) is 0 Å². The maximum atomic E-state index is 13.5. The Morgan fingerprint density at radius 2 is 1.72 bits per heavy atom. The minimum absolute atomic E-state index is 0.00788. The summed E-state index contributed by atoms with van der Waals surface area (Å²) in [5, 5.41) is 16.7. The lowest BCUT2D eigenvalue weighted by Gasteiger charge is -2.31. The Morgan fingerprint density at radius 3 is 2.36 bits per heavy atom. The minimum Gasteiger partial charge on any atom is -0.454 e. The summed E-state index contributed by atoms with van der Waals surface area (Å²) < 4.78 is 38.9. The molecule has 4 unspecified atom stereocenters. The SMILES string of the molecule is CCC(C)C(NC(=O)CN1CCCC1)C(=O)NC(C)C(O)CN(CC(C)C)S(=O)(=O)c1ccc2c(c1)OCO2. The predicted molar refractivity (Wildman–Crippen MR) is 147 cm³/mol. The number of nitrogens with one attached hydrogen (secondary N) is 2. The van der Waals surface area contributed by atoms with Crippen LogP contribution in [0.15, 0.2) is 23.1 Å². The third-order valence-corrected chi connectivity index (χ3v) is 9.09. The van der Waals surface area contributed by atoms with Gasteiger partial charge in [-0.3, -0.25) is 14.5 Å². The number of rotatable bonds is 14. The normalized spacial score (nSPS) is 18.7. The Hall–Kier alpha value is -2.41. The highest BCUT2D eigenvalue weighted by Gasteiger charge is 2.33. The van der Waals surface area contributed by atoms with Gasteiger partial charge in [0, 0.05) is 19.2 Å². The number of amides is 2. The molecule has 3 N–H and O–H groups in total. The number of carbonyl (C=O) groups excluding carboxylic acids is 2. The summed E-state index contributed by atoms with van der Waals surface area (Å²) in [4.78, 5) is 28.0. The molecule has 0 aromatic heterocycles. The van der Waals surface area contributed by atoms with Crippen molar-refractivity contribution in [2.45, 2.75) is 77.0 Å². The van der Waals surface area contributed by atoms with Gasteiger partial charge in [-0.05, 0) is 56.8 Å². The molecule has 1 aromatic carbocycles. The van der Waals surface area contributed by atoms with E-state index in [0.717, 1.165) is 25.9 Å². The zero-order chi connectivity index (χ0) is 28.7. The van der Waals surface area contributed by atoms with Crippen LogP contribution >= 0.6 is 0 Å². The molecule has 0 radical (unpaired) electrons. The Balaban J connectivity index is 1.67. The van der Waals surface area contributed by atoms with Gasteiger partial charge in [0.1, 0.15) is 6.04 Å². The summed E-state index contributed by atoms with van der Waals surface area (Å²) in [6.07, 6.45) is 1.62. The monoisotopic (exact) mass is 568 g/mol. The average Bonchev–Trinajstić information content (AvgIpc) is 3.57. The van der Waals surface area contributed by atoms with Crippen LogP contribution < -0.4 is 20.1 Å². The maximum Gasteiger partial charge on any atom is 0.243 e. The highest BCUT2D eigenvalue weighted by atomic mass is 32.2. The van der Waals surface area contributed by atoms with Gasteiger partial charge in [0.15, 0.2) is 11.5 Å². The van der Waals surface area contributed by atoms with E-state index >= 15 is 0 Å². The molecule has 2 amide bonds. The van der Waals surface area contributed by atoms with Crippen LogP contribution in [0.2, 0.25) is 0 Å². The summed E-state index contributed by atoms with van der Waals surface area (Å²) in [7, 11) is -3.97. The number of benzene rings is 1. The van der Waals surface area contributed by atoms with Crippen LogP contribution in [0.4, 0.5) is 0 Å². The van der Waals surface area contributed by atoms with E-state index in [0.29, 0.717) is 17.9 Å². The molecule has 4 atom stereocenters. The first-order valence-corrected chi connectivity index (χ1v) is 15.3. The number of hydrogen-bond donors (Lipinski definition) is 3. The molecule has 0 spiro atoms. The molecule has 1 fully saturated rings. The van der Waals surface area contributed by atoms with E-state index in [4.69, 9.17) is 9.47 Å². The molecule has 2 aliphatic rings. The largest absolute Gasteiger partial charge is 0.454 e. The maximum absolute atomic E-state index is 13.5. The van der Waals surface area contributed by atoms with Crippen LogP contribution in [0.1, 0.15) is 53.9 Å². The topological polar surface area (TPSA) is 138 Å². The van der Waals surface area contributed by atoms with E-state index in [1.54, 1.807) is 13.0 Å². The molecule has 3 rings (SSSR count). The molecule has 39 heavy (non-hydrogen) atoms. The number of fused-ring (bicyclic) bond motifs is 1. The number of likely N-dealkylation sites (tertiary alicyclic amines) is 1. The van der Waals surface area contributed by atoms with Gasteiger partial charge in [-0.25, -0.2) is 8.42 Å². The standard InChI is InChI=1S/C27H44N4O7S/c1-6-19(4)26(29-25(33)16-30-11-7-8-12-30)27(34)28-20(5)22(32)15-31(14-18(2)3)39(35,36)21-9-10-23-24(13-21)38-17-37-23/h9-10,13,18-20,22,26,32H,6-8,11-12,14-17H2,1-5H3,(H,28,34)(H,29,33). The molecule has 12 heteroatoms. The third kappa shape index (κ3) is 8.29. The van der Waals surface area contributed by atoms with Crippen molar-refractivity contribution in [1.82, 2.24) is 19.8 Å². The summed E-state index contributed by atoms with van der Waals surface area (Å²) in [6.45, 7) is 11.2. The fourth-order valence-corrected chi connectivity index (χ4v) is 6.34. The van der Waals surface area contributed by atoms with Gasteiger partial charge in [0.25, 0.3) is 0 Å². The number of sulfonamides is 1. The number of hydrogen-bond acceptors (Lipinski definition) is 8. The van der Waals surface area contributed by atoms with E-state index in [9.17, 15) is 23.1 Å². The Kier molecular flexibility index (Phi) is 11.0. The van der Waals surface area contributed by atoms with Crippen LogP contribution in [-0.2, 0) is 19.6 Å². The van der Waals surface area contributed by atoms with Gasteiger partial charge in [-0.2, -0.15) is 4.31 Å². The Morgan fingerprint density at radius 1 is 1.05 bits per heavy atom. The predicted octanol–water partition coefficient (Wildman–Crippen LogP) is 1.55. The van der Waals surface area contributed by atoms with Gasteiger partial charge in [-0.1, -0.05) is 34.1 Å². The van der Waals surface area contributed by atoms with E-state index in [-0.39, 0.29) is 49.1 Å². The van der Waals surface area contributed by atoms with Crippen molar-refractivity contribution in [3.63, 3.8) is 0 Å². The third-order valence-electron chi connectivity index (χ3n) is 7.27. The highest BCUT2D eigenvalue weighted by molar-refractivity contribution is 7.89. The van der Waals surface area contributed by atoms with Crippen molar-refractivity contribution in [3.8, 4) is 11.5 Å². The molecule has 11 nitrogen and oxygen atoms in total. The van der Waals surface area contributed by atoms with Crippen molar-refractivity contribution >= 4 is 21.8 Å². The molecule has 0 aliphatic carbocycles. The Bertz CT molecular complexity index is 1090. The summed E-state index contributed by atoms with van der Waals surface area (Å²) in [5.41, 5.74) is 0. The lowest BCUT2D eigenvalue weighted by molar-refractivity contribution is -0.131. The second-order valence-corrected chi connectivity index (χ2v) is 12.9. The molecule has 2 aliphatic heterocycles. The molecular weight excluding hydrogens is 524 g/mol. The summed E-state index contributed by atoms with van der Waals surface area (Å²) in [6, 6.07) is 2.90. The fraction of sp³-hybridized carbons (Fsp3) is 0.704. The average molecular weight is 569 g/mol. The quantitative estimate of drug-likeness (QED) is 0.308. The van der Waals surface area contributed by atoms with E-state index < -0.39 is 34.1 Å². The fourth-order valence-electron chi connectivity index (χ4n) is 4.71. The van der Waals surface area contributed by atoms with Gasteiger partial charge < -0.3 is 25.2 Å². The number of ether oxygens (including phenoxy) is 2. The first-order chi connectivity index (χ1) is 18.4. The van der Waals surface area contributed by atoms with Gasteiger partial charge in [0.2, 0.25) is 28.6 Å².